The van der Waals surface area contributed by atoms with Crippen LogP contribution in [0, 0.1) is 0 Å². The van der Waals surface area contributed by atoms with E-state index in [1.165, 1.54) is 135 Å². The van der Waals surface area contributed by atoms with Crippen molar-refractivity contribution >= 4 is 17.9 Å². The van der Waals surface area contributed by atoms with Gasteiger partial charge in [0, 0.05) is 19.3 Å². The van der Waals surface area contributed by atoms with Gasteiger partial charge in [0.05, 0.1) is 0 Å². The fraction of sp³-hybridized carbons (Fsp3) is 0.721. The first-order valence-electron chi connectivity index (χ1n) is 28.1. The van der Waals surface area contributed by atoms with Gasteiger partial charge in [-0.25, -0.2) is 0 Å². The van der Waals surface area contributed by atoms with Gasteiger partial charge in [-0.1, -0.05) is 247 Å². The SMILES string of the molecule is CC/C=C\C/C=C\C/C=C\C/C=C\C/C=C\C/C=C\CCC(=O)OCC(COC(=O)CCCCCCC/C=C\CCCCCCC)OC(=O)CCCCCCCCCCCCCCCCCC. The molecule has 0 aromatic carbocycles. The molecule has 67 heavy (non-hydrogen) atoms. The molecule has 0 aromatic heterocycles. The van der Waals surface area contributed by atoms with Crippen molar-refractivity contribution in [3.63, 3.8) is 0 Å². The third kappa shape index (κ3) is 53.4. The van der Waals surface area contributed by atoms with Crippen molar-refractivity contribution in [2.24, 2.45) is 0 Å². The van der Waals surface area contributed by atoms with Crippen molar-refractivity contribution in [2.75, 3.05) is 13.2 Å². The van der Waals surface area contributed by atoms with Gasteiger partial charge in [0.25, 0.3) is 0 Å². The Labute approximate surface area is 414 Å². The summed E-state index contributed by atoms with van der Waals surface area (Å²) in [5.74, 6) is -0.991. The molecule has 0 rings (SSSR count). The molecule has 0 saturated carbocycles. The predicted molar refractivity (Wildman–Crippen MR) is 288 cm³/mol. The molecule has 0 amide bonds. The highest BCUT2D eigenvalue weighted by atomic mass is 16.6. The minimum absolute atomic E-state index is 0.102. The first-order valence-corrected chi connectivity index (χ1v) is 28.1. The van der Waals surface area contributed by atoms with Crippen LogP contribution in [0.15, 0.2) is 85.1 Å². The van der Waals surface area contributed by atoms with Crippen LogP contribution in [0.5, 0.6) is 0 Å². The smallest absolute Gasteiger partial charge is 0.306 e. The highest BCUT2D eigenvalue weighted by Crippen LogP contribution is 2.15. The van der Waals surface area contributed by atoms with Gasteiger partial charge in [0.2, 0.25) is 0 Å². The van der Waals surface area contributed by atoms with Crippen molar-refractivity contribution < 1.29 is 28.6 Å². The highest BCUT2D eigenvalue weighted by molar-refractivity contribution is 5.71. The van der Waals surface area contributed by atoms with Crippen molar-refractivity contribution in [1.82, 2.24) is 0 Å². The van der Waals surface area contributed by atoms with Crippen LogP contribution in [0.2, 0.25) is 0 Å². The van der Waals surface area contributed by atoms with Crippen LogP contribution in [0.1, 0.15) is 265 Å². The van der Waals surface area contributed by atoms with Crippen molar-refractivity contribution in [2.45, 2.75) is 271 Å². The summed E-state index contributed by atoms with van der Waals surface area (Å²) < 4.78 is 16.8. The maximum atomic E-state index is 12.8. The van der Waals surface area contributed by atoms with Crippen LogP contribution in [0.25, 0.3) is 0 Å². The predicted octanol–water partition coefficient (Wildman–Crippen LogP) is 18.8. The van der Waals surface area contributed by atoms with E-state index in [-0.39, 0.29) is 37.5 Å². The number of hydrogen-bond acceptors (Lipinski definition) is 6. The van der Waals surface area contributed by atoms with E-state index in [0.29, 0.717) is 19.3 Å². The number of allylic oxidation sites excluding steroid dienone is 14. The zero-order chi connectivity index (χ0) is 48.6. The number of rotatable bonds is 50. The van der Waals surface area contributed by atoms with Gasteiger partial charge >= 0.3 is 17.9 Å². The maximum absolute atomic E-state index is 12.8. The van der Waals surface area contributed by atoms with Gasteiger partial charge in [0.1, 0.15) is 13.2 Å². The lowest BCUT2D eigenvalue weighted by molar-refractivity contribution is -0.166. The standard InChI is InChI=1S/C61H104O6/c1-4-7-10-13-16-19-22-25-28-30-31-32-34-36-39-42-45-48-51-54-60(63)66-57-58(56-65-59(62)53-50-47-44-41-38-35-27-24-21-18-15-12-9-6-3)67-61(64)55-52-49-46-43-40-37-33-29-26-23-20-17-14-11-8-5-2/h7,10,16,19,24-25,27-28,31-32,36,39,45,48,58H,4-6,8-9,11-15,17-18,20-23,26,29-30,33-35,37-38,40-44,46-47,49-57H2,1-3H3/b10-7-,19-16-,27-24-,28-25-,32-31-,39-36-,48-45-. The molecule has 0 bridgehead atoms. The second-order valence-electron chi connectivity index (χ2n) is 18.5. The topological polar surface area (TPSA) is 78.9 Å². The van der Waals surface area contributed by atoms with E-state index in [4.69, 9.17) is 14.2 Å². The minimum atomic E-state index is -0.809. The molecule has 0 heterocycles. The Morgan fingerprint density at radius 2 is 0.612 bits per heavy atom. The number of esters is 3. The first-order chi connectivity index (χ1) is 33.0. The lowest BCUT2D eigenvalue weighted by Gasteiger charge is -2.18. The summed E-state index contributed by atoms with van der Waals surface area (Å²) in [4.78, 5) is 38.1. The number of ether oxygens (including phenoxy) is 3. The van der Waals surface area contributed by atoms with Gasteiger partial charge in [0.15, 0.2) is 6.10 Å². The van der Waals surface area contributed by atoms with Gasteiger partial charge in [-0.05, 0) is 83.5 Å². The molecule has 384 valence electrons. The van der Waals surface area contributed by atoms with E-state index < -0.39 is 6.10 Å². The summed E-state index contributed by atoms with van der Waals surface area (Å²) in [6, 6.07) is 0. The zero-order valence-electron chi connectivity index (χ0n) is 43.9. The second kappa shape index (κ2) is 55.2. The molecule has 0 saturated heterocycles. The van der Waals surface area contributed by atoms with Crippen LogP contribution in [0.4, 0.5) is 0 Å². The summed E-state index contributed by atoms with van der Waals surface area (Å²) in [5.41, 5.74) is 0. The van der Waals surface area contributed by atoms with Crippen LogP contribution in [-0.2, 0) is 28.6 Å². The summed E-state index contributed by atoms with van der Waals surface area (Å²) in [7, 11) is 0. The molecule has 0 radical (unpaired) electrons. The van der Waals surface area contributed by atoms with Crippen LogP contribution in [0.3, 0.4) is 0 Å². The molecule has 0 aliphatic heterocycles. The van der Waals surface area contributed by atoms with Crippen LogP contribution in [-0.4, -0.2) is 37.2 Å². The molecule has 0 aliphatic rings. The Kier molecular flexibility index (Phi) is 52.4. The third-order valence-electron chi connectivity index (χ3n) is 11.9. The van der Waals surface area contributed by atoms with Gasteiger partial charge in [-0.3, -0.25) is 14.4 Å². The molecule has 6 heteroatoms. The molecule has 0 N–H and O–H groups in total. The second-order valence-corrected chi connectivity index (χ2v) is 18.5. The summed E-state index contributed by atoms with van der Waals surface area (Å²) in [6.45, 7) is 6.46. The van der Waals surface area contributed by atoms with Crippen LogP contribution < -0.4 is 0 Å². The molecule has 0 spiro atoms. The van der Waals surface area contributed by atoms with E-state index in [1.54, 1.807) is 0 Å². The zero-order valence-corrected chi connectivity index (χ0v) is 43.9. The van der Waals surface area contributed by atoms with E-state index in [2.05, 4.69) is 99.8 Å². The fourth-order valence-corrected chi connectivity index (χ4v) is 7.70. The van der Waals surface area contributed by atoms with Gasteiger partial charge < -0.3 is 14.2 Å². The molecule has 1 atom stereocenters. The molecule has 1 unspecified atom stereocenters. The molecular formula is C61H104O6. The van der Waals surface area contributed by atoms with E-state index >= 15 is 0 Å². The maximum Gasteiger partial charge on any atom is 0.306 e. The lowest BCUT2D eigenvalue weighted by atomic mass is 10.0. The van der Waals surface area contributed by atoms with Gasteiger partial charge in [-0.2, -0.15) is 0 Å². The largest absolute Gasteiger partial charge is 0.462 e. The van der Waals surface area contributed by atoms with E-state index in [1.807, 2.05) is 6.08 Å². The highest BCUT2D eigenvalue weighted by Gasteiger charge is 2.19. The fourth-order valence-electron chi connectivity index (χ4n) is 7.70. The summed E-state index contributed by atoms with van der Waals surface area (Å²) >= 11 is 0. The Morgan fingerprint density at radius 1 is 0.313 bits per heavy atom. The van der Waals surface area contributed by atoms with E-state index in [9.17, 15) is 14.4 Å². The van der Waals surface area contributed by atoms with Crippen molar-refractivity contribution in [1.29, 1.82) is 0 Å². The average molecular weight is 933 g/mol. The molecule has 0 aliphatic carbocycles. The number of carbonyl (C=O) groups excluding carboxylic acids is 3. The number of hydrogen-bond donors (Lipinski definition) is 0. The molecule has 0 fully saturated rings. The van der Waals surface area contributed by atoms with Gasteiger partial charge in [-0.15, -0.1) is 0 Å². The van der Waals surface area contributed by atoms with E-state index in [0.717, 1.165) is 83.5 Å². The monoisotopic (exact) mass is 933 g/mol. The van der Waals surface area contributed by atoms with Crippen molar-refractivity contribution in [3.05, 3.63) is 85.1 Å². The number of unbranched alkanes of at least 4 members (excludes halogenated alkanes) is 25. The Morgan fingerprint density at radius 3 is 1.00 bits per heavy atom. The average Bonchev–Trinajstić information content (AvgIpc) is 3.33. The summed E-state index contributed by atoms with van der Waals surface area (Å²) in [5, 5.41) is 0. The summed E-state index contributed by atoms with van der Waals surface area (Å²) in [6.07, 6.45) is 71.5. The quantitative estimate of drug-likeness (QED) is 0.0262. The van der Waals surface area contributed by atoms with Crippen LogP contribution >= 0.6 is 0 Å². The first kappa shape index (κ1) is 63.6. The molecule has 6 nitrogen and oxygen atoms in total. The minimum Gasteiger partial charge on any atom is -0.462 e. The Hall–Kier alpha value is -3.41. The Balaban J connectivity index is 4.49. The Bertz CT molecular complexity index is 1300. The normalized spacial score (nSPS) is 12.7. The molecular weight excluding hydrogens is 829 g/mol. The third-order valence-corrected chi connectivity index (χ3v) is 11.9. The molecule has 0 aromatic rings. The van der Waals surface area contributed by atoms with Crippen molar-refractivity contribution in [3.8, 4) is 0 Å². The lowest BCUT2D eigenvalue weighted by Crippen LogP contribution is -2.30. The number of carbonyl (C=O) groups is 3.